The van der Waals surface area contributed by atoms with Gasteiger partial charge in [0.05, 0.1) is 0 Å². The molecule has 0 fully saturated rings. The van der Waals surface area contributed by atoms with Crippen molar-refractivity contribution in [3.63, 3.8) is 0 Å². The van der Waals surface area contributed by atoms with Gasteiger partial charge in [-0.05, 0) is 20.0 Å². The van der Waals surface area contributed by atoms with Crippen molar-refractivity contribution in [2.75, 3.05) is 13.6 Å². The van der Waals surface area contributed by atoms with Gasteiger partial charge in [0.2, 0.25) is 0 Å². The van der Waals surface area contributed by atoms with Crippen LogP contribution in [0.3, 0.4) is 0 Å². The topological polar surface area (TPSA) is 3.24 Å². The van der Waals surface area contributed by atoms with Crippen LogP contribution in [0.2, 0.25) is 0 Å². The van der Waals surface area contributed by atoms with Crippen LogP contribution >= 0.6 is 0 Å². The molecular weight excluding hydrogens is 86.1 g/mol. The van der Waals surface area contributed by atoms with Crippen LogP contribution in [0.1, 0.15) is 13.8 Å². The highest BCUT2D eigenvalue weighted by molar-refractivity contribution is 4.74. The first kappa shape index (κ1) is 6.54. The predicted octanol–water partition coefficient (Wildman–Crippen LogP) is 1.47. The van der Waals surface area contributed by atoms with Crippen LogP contribution in [0.5, 0.6) is 0 Å². The molecule has 0 saturated carbocycles. The molecule has 0 saturated heterocycles. The molecule has 1 nitrogen and oxygen atoms in total. The van der Waals surface area contributed by atoms with Crippen LogP contribution in [0.15, 0.2) is 12.3 Å². The van der Waals surface area contributed by atoms with Gasteiger partial charge in [-0.3, -0.25) is 0 Å². The third-order valence-electron chi connectivity index (χ3n) is 0.902. The van der Waals surface area contributed by atoms with E-state index < -0.39 is 0 Å². The fraction of sp³-hybridized carbons (Fsp3) is 0.667. The fourth-order valence-corrected chi connectivity index (χ4v) is 0.360. The normalized spacial score (nSPS) is 10.1. The molecule has 0 aromatic rings. The van der Waals surface area contributed by atoms with Gasteiger partial charge in [-0.25, -0.2) is 0 Å². The first-order valence-electron chi connectivity index (χ1n) is 2.64. The summed E-state index contributed by atoms with van der Waals surface area (Å²) in [6.45, 7) is 5.23. The summed E-state index contributed by atoms with van der Waals surface area (Å²) in [5.74, 6) is 0. The number of allylic oxidation sites excluding steroid dienone is 1. The van der Waals surface area contributed by atoms with Crippen molar-refractivity contribution in [3.8, 4) is 0 Å². The van der Waals surface area contributed by atoms with Crippen molar-refractivity contribution >= 4 is 0 Å². The Bertz CT molecular complexity index is 57.2. The molecule has 0 aromatic heterocycles. The van der Waals surface area contributed by atoms with Gasteiger partial charge in [0.15, 0.2) is 0 Å². The molecule has 0 atom stereocenters. The minimum atomic E-state index is 1.09. The maximum Gasteiger partial charge on any atom is 0.0140 e. The van der Waals surface area contributed by atoms with E-state index in [0.717, 1.165) is 6.54 Å². The number of rotatable bonds is 2. The zero-order chi connectivity index (χ0) is 5.70. The average Bonchev–Trinajstić information content (AvgIpc) is 1.68. The molecule has 0 aromatic carbocycles. The van der Waals surface area contributed by atoms with Gasteiger partial charge in [0.25, 0.3) is 0 Å². The van der Waals surface area contributed by atoms with Gasteiger partial charge in [-0.15, -0.1) is 0 Å². The van der Waals surface area contributed by atoms with Crippen molar-refractivity contribution in [1.82, 2.24) is 4.90 Å². The van der Waals surface area contributed by atoms with E-state index in [1.807, 2.05) is 13.0 Å². The van der Waals surface area contributed by atoms with Crippen molar-refractivity contribution in [3.05, 3.63) is 12.3 Å². The first-order valence-corrected chi connectivity index (χ1v) is 2.64. The number of hydrogen-bond acceptors (Lipinski definition) is 1. The van der Waals surface area contributed by atoms with Gasteiger partial charge < -0.3 is 4.90 Å². The van der Waals surface area contributed by atoms with E-state index >= 15 is 0 Å². The quantitative estimate of drug-likeness (QED) is 0.506. The number of hydrogen-bond donors (Lipinski definition) is 0. The SMILES string of the molecule is CC=CN(C)CC. The largest absolute Gasteiger partial charge is 0.381 e. The zero-order valence-electron chi connectivity index (χ0n) is 5.31. The van der Waals surface area contributed by atoms with E-state index in [2.05, 4.69) is 25.1 Å². The van der Waals surface area contributed by atoms with Crippen molar-refractivity contribution in [2.45, 2.75) is 13.8 Å². The van der Waals surface area contributed by atoms with Crippen LogP contribution in [0.25, 0.3) is 0 Å². The van der Waals surface area contributed by atoms with Crippen molar-refractivity contribution in [1.29, 1.82) is 0 Å². The maximum absolute atomic E-state index is 2.12. The molecule has 0 aliphatic carbocycles. The Hall–Kier alpha value is -0.460. The van der Waals surface area contributed by atoms with E-state index in [4.69, 9.17) is 0 Å². The maximum atomic E-state index is 2.12. The van der Waals surface area contributed by atoms with E-state index in [1.54, 1.807) is 0 Å². The Morgan fingerprint density at radius 3 is 2.29 bits per heavy atom. The molecule has 0 aliphatic rings. The molecule has 0 N–H and O–H groups in total. The minimum absolute atomic E-state index is 1.09. The summed E-state index contributed by atoms with van der Waals surface area (Å²) in [7, 11) is 2.06. The Morgan fingerprint density at radius 1 is 1.57 bits per heavy atom. The molecule has 0 amide bonds. The lowest BCUT2D eigenvalue weighted by Gasteiger charge is -2.07. The van der Waals surface area contributed by atoms with E-state index in [0.29, 0.717) is 0 Å². The van der Waals surface area contributed by atoms with Crippen molar-refractivity contribution in [2.24, 2.45) is 0 Å². The van der Waals surface area contributed by atoms with Crippen LogP contribution in [-0.4, -0.2) is 18.5 Å². The second-order valence-corrected chi connectivity index (χ2v) is 1.56. The molecule has 0 radical (unpaired) electrons. The van der Waals surface area contributed by atoms with Crippen molar-refractivity contribution < 1.29 is 0 Å². The van der Waals surface area contributed by atoms with Crippen LogP contribution < -0.4 is 0 Å². The van der Waals surface area contributed by atoms with Crippen LogP contribution in [0.4, 0.5) is 0 Å². The Morgan fingerprint density at radius 2 is 2.14 bits per heavy atom. The van der Waals surface area contributed by atoms with E-state index in [-0.39, 0.29) is 0 Å². The lowest BCUT2D eigenvalue weighted by molar-refractivity contribution is 0.483. The Labute approximate surface area is 45.6 Å². The summed E-state index contributed by atoms with van der Waals surface area (Å²) >= 11 is 0. The molecule has 0 aliphatic heterocycles. The molecule has 7 heavy (non-hydrogen) atoms. The molecular formula is C6H13N. The molecule has 0 heterocycles. The highest BCUT2D eigenvalue weighted by Crippen LogP contribution is 1.79. The summed E-state index contributed by atoms with van der Waals surface area (Å²) < 4.78 is 0. The second-order valence-electron chi connectivity index (χ2n) is 1.56. The van der Waals surface area contributed by atoms with E-state index in [1.165, 1.54) is 0 Å². The highest BCUT2D eigenvalue weighted by atomic mass is 15.1. The second kappa shape index (κ2) is 3.72. The Balaban J connectivity index is 3.16. The molecule has 42 valence electrons. The van der Waals surface area contributed by atoms with E-state index in [9.17, 15) is 0 Å². The lowest BCUT2D eigenvalue weighted by Crippen LogP contribution is -2.07. The monoisotopic (exact) mass is 99.1 g/mol. The molecule has 1 heteroatoms. The minimum Gasteiger partial charge on any atom is -0.381 e. The zero-order valence-corrected chi connectivity index (χ0v) is 5.31. The molecule has 0 spiro atoms. The fourth-order valence-electron chi connectivity index (χ4n) is 0.360. The summed E-state index contributed by atoms with van der Waals surface area (Å²) in [5.41, 5.74) is 0. The molecule has 0 unspecified atom stereocenters. The summed E-state index contributed by atoms with van der Waals surface area (Å²) in [4.78, 5) is 2.12. The third-order valence-corrected chi connectivity index (χ3v) is 0.902. The van der Waals surface area contributed by atoms with Crippen LogP contribution in [-0.2, 0) is 0 Å². The smallest absolute Gasteiger partial charge is 0.0140 e. The summed E-state index contributed by atoms with van der Waals surface area (Å²) in [6, 6.07) is 0. The van der Waals surface area contributed by atoms with Crippen LogP contribution in [0, 0.1) is 0 Å². The van der Waals surface area contributed by atoms with Gasteiger partial charge >= 0.3 is 0 Å². The lowest BCUT2D eigenvalue weighted by atomic mass is 10.6. The van der Waals surface area contributed by atoms with Gasteiger partial charge in [-0.1, -0.05) is 6.08 Å². The highest BCUT2D eigenvalue weighted by Gasteiger charge is 1.76. The van der Waals surface area contributed by atoms with Gasteiger partial charge in [-0.2, -0.15) is 0 Å². The number of nitrogens with zero attached hydrogens (tertiary/aromatic N) is 1. The third kappa shape index (κ3) is 3.37. The standard InChI is InChI=1S/C6H13N/c1-4-6-7(3)5-2/h4,6H,5H2,1-3H3. The Kier molecular flexibility index (Phi) is 3.48. The molecule has 0 bridgehead atoms. The van der Waals surface area contributed by atoms with Gasteiger partial charge in [0, 0.05) is 13.6 Å². The predicted molar refractivity (Wildman–Crippen MR) is 33.1 cm³/mol. The summed E-state index contributed by atoms with van der Waals surface area (Å²) in [6.07, 6.45) is 4.09. The van der Waals surface area contributed by atoms with Gasteiger partial charge in [0.1, 0.15) is 0 Å². The average molecular weight is 99.2 g/mol. The summed E-state index contributed by atoms with van der Waals surface area (Å²) in [5, 5.41) is 0. The first-order chi connectivity index (χ1) is 3.31. The molecule has 0 rings (SSSR count).